The van der Waals surface area contributed by atoms with Crippen LogP contribution in [0.4, 0.5) is 4.39 Å². The third-order valence-corrected chi connectivity index (χ3v) is 2.20. The largest absolute Gasteiger partial charge is 0.490 e. The summed E-state index contributed by atoms with van der Waals surface area (Å²) in [6.07, 6.45) is 1.46. The van der Waals surface area contributed by atoms with E-state index in [1.54, 1.807) is 6.07 Å². The third kappa shape index (κ3) is 4.01. The van der Waals surface area contributed by atoms with Gasteiger partial charge in [0, 0.05) is 5.56 Å². The monoisotopic (exact) mass is 224 g/mol. The first-order chi connectivity index (χ1) is 7.42. The molecule has 0 aliphatic carbocycles. The lowest BCUT2D eigenvalue weighted by Crippen LogP contribution is -2.11. The van der Waals surface area contributed by atoms with Gasteiger partial charge >= 0.3 is 0 Å². The van der Waals surface area contributed by atoms with Crippen LogP contribution in [0.5, 0.6) is 5.75 Å². The summed E-state index contributed by atoms with van der Waals surface area (Å²) in [6.45, 7) is 6.77. The second-order valence-electron chi connectivity index (χ2n) is 4.97. The zero-order valence-electron chi connectivity index (χ0n) is 9.92. The molecule has 0 atom stereocenters. The third-order valence-electron chi connectivity index (χ3n) is 2.20. The van der Waals surface area contributed by atoms with Gasteiger partial charge in [0.2, 0.25) is 0 Å². The van der Waals surface area contributed by atoms with E-state index in [1.807, 2.05) is 0 Å². The molecular weight excluding hydrogens is 207 g/mol. The van der Waals surface area contributed by atoms with Gasteiger partial charge in [-0.25, -0.2) is 4.39 Å². The summed E-state index contributed by atoms with van der Waals surface area (Å²) < 4.78 is 18.7. The van der Waals surface area contributed by atoms with Crippen LogP contribution in [0.2, 0.25) is 0 Å². The summed E-state index contributed by atoms with van der Waals surface area (Å²) in [5.74, 6) is -0.284. The summed E-state index contributed by atoms with van der Waals surface area (Å²) in [7, 11) is 0. The Kier molecular flexibility index (Phi) is 4.05. The Morgan fingerprint density at radius 2 is 2.06 bits per heavy atom. The van der Waals surface area contributed by atoms with Gasteiger partial charge < -0.3 is 4.74 Å². The Morgan fingerprint density at radius 3 is 2.56 bits per heavy atom. The van der Waals surface area contributed by atoms with Crippen LogP contribution >= 0.6 is 0 Å². The van der Waals surface area contributed by atoms with Gasteiger partial charge in [-0.3, -0.25) is 4.79 Å². The summed E-state index contributed by atoms with van der Waals surface area (Å²) in [4.78, 5) is 10.4. The lowest BCUT2D eigenvalue weighted by atomic mass is 9.93. The van der Waals surface area contributed by atoms with Gasteiger partial charge in [-0.2, -0.15) is 0 Å². The van der Waals surface area contributed by atoms with Crippen molar-refractivity contribution >= 4 is 6.29 Å². The zero-order chi connectivity index (χ0) is 12.2. The Morgan fingerprint density at radius 1 is 1.38 bits per heavy atom. The standard InChI is InChI=1S/C13H17FO2/c1-13(2,3)6-7-16-12-5-4-10(9-15)8-11(12)14/h4-5,8-9H,6-7H2,1-3H3. The van der Waals surface area contributed by atoms with Crippen LogP contribution in [-0.4, -0.2) is 12.9 Å². The van der Waals surface area contributed by atoms with Crippen molar-refractivity contribution in [2.75, 3.05) is 6.61 Å². The van der Waals surface area contributed by atoms with E-state index in [9.17, 15) is 9.18 Å². The Hall–Kier alpha value is -1.38. The van der Waals surface area contributed by atoms with Gasteiger partial charge in [0.15, 0.2) is 11.6 Å². The summed E-state index contributed by atoms with van der Waals surface area (Å²) in [6, 6.07) is 4.21. The van der Waals surface area contributed by atoms with Gasteiger partial charge in [-0.15, -0.1) is 0 Å². The average molecular weight is 224 g/mol. The Balaban J connectivity index is 2.58. The smallest absolute Gasteiger partial charge is 0.165 e. The van der Waals surface area contributed by atoms with Gasteiger partial charge in [-0.1, -0.05) is 20.8 Å². The second kappa shape index (κ2) is 5.10. The highest BCUT2D eigenvalue weighted by Crippen LogP contribution is 2.21. The quantitative estimate of drug-likeness (QED) is 0.732. The van der Waals surface area contributed by atoms with Crippen molar-refractivity contribution in [3.8, 4) is 5.75 Å². The fourth-order valence-electron chi connectivity index (χ4n) is 1.17. The number of ether oxygens (including phenoxy) is 1. The Labute approximate surface area is 95.4 Å². The molecule has 0 saturated carbocycles. The minimum atomic E-state index is -0.487. The molecule has 0 aliphatic heterocycles. The van der Waals surface area contributed by atoms with Crippen molar-refractivity contribution in [1.29, 1.82) is 0 Å². The second-order valence-corrected chi connectivity index (χ2v) is 4.97. The van der Waals surface area contributed by atoms with E-state index in [-0.39, 0.29) is 11.2 Å². The molecule has 0 N–H and O–H groups in total. The fourth-order valence-corrected chi connectivity index (χ4v) is 1.17. The van der Waals surface area contributed by atoms with E-state index < -0.39 is 5.82 Å². The molecule has 0 radical (unpaired) electrons. The molecule has 88 valence electrons. The number of carbonyl (C=O) groups is 1. The van der Waals surface area contributed by atoms with Crippen LogP contribution < -0.4 is 4.74 Å². The van der Waals surface area contributed by atoms with Gasteiger partial charge in [0.05, 0.1) is 6.61 Å². The highest BCUT2D eigenvalue weighted by atomic mass is 19.1. The number of benzene rings is 1. The van der Waals surface area contributed by atoms with Crippen molar-refractivity contribution in [2.24, 2.45) is 5.41 Å². The van der Waals surface area contributed by atoms with E-state index >= 15 is 0 Å². The predicted octanol–water partition coefficient (Wildman–Crippen LogP) is 3.45. The van der Waals surface area contributed by atoms with Crippen LogP contribution in [0.25, 0.3) is 0 Å². The molecule has 0 spiro atoms. The molecular formula is C13H17FO2. The fraction of sp³-hybridized carbons (Fsp3) is 0.462. The van der Waals surface area contributed by atoms with Crippen molar-refractivity contribution in [3.05, 3.63) is 29.6 Å². The van der Waals surface area contributed by atoms with Crippen molar-refractivity contribution in [1.82, 2.24) is 0 Å². The molecule has 1 rings (SSSR count). The molecule has 3 heteroatoms. The number of carbonyl (C=O) groups excluding carboxylic acids is 1. The molecule has 0 heterocycles. The van der Waals surface area contributed by atoms with Crippen LogP contribution in [-0.2, 0) is 0 Å². The lowest BCUT2D eigenvalue weighted by Gasteiger charge is -2.18. The van der Waals surface area contributed by atoms with E-state index in [0.717, 1.165) is 6.42 Å². The molecule has 1 aromatic carbocycles. The zero-order valence-corrected chi connectivity index (χ0v) is 9.92. The molecule has 0 unspecified atom stereocenters. The van der Waals surface area contributed by atoms with Crippen molar-refractivity contribution in [3.63, 3.8) is 0 Å². The van der Waals surface area contributed by atoms with Crippen LogP contribution in [0.15, 0.2) is 18.2 Å². The molecule has 0 aromatic heterocycles. The number of halogens is 1. The molecule has 2 nitrogen and oxygen atoms in total. The first kappa shape index (κ1) is 12.7. The molecule has 1 aromatic rings. The minimum Gasteiger partial charge on any atom is -0.490 e. The molecule has 0 fully saturated rings. The minimum absolute atomic E-state index is 0.166. The van der Waals surface area contributed by atoms with Crippen molar-refractivity contribution < 1.29 is 13.9 Å². The maximum Gasteiger partial charge on any atom is 0.165 e. The molecule has 0 saturated heterocycles. The van der Waals surface area contributed by atoms with Crippen LogP contribution in [0, 0.1) is 11.2 Å². The Bertz CT molecular complexity index is 367. The average Bonchev–Trinajstić information content (AvgIpc) is 2.18. The first-order valence-electron chi connectivity index (χ1n) is 5.30. The van der Waals surface area contributed by atoms with E-state index in [2.05, 4.69) is 20.8 Å². The molecule has 0 bridgehead atoms. The molecule has 16 heavy (non-hydrogen) atoms. The first-order valence-corrected chi connectivity index (χ1v) is 5.30. The molecule has 0 amide bonds. The SMILES string of the molecule is CC(C)(C)CCOc1ccc(C=O)cc1F. The van der Waals surface area contributed by atoms with E-state index in [4.69, 9.17) is 4.74 Å². The summed E-state index contributed by atoms with van der Waals surface area (Å²) >= 11 is 0. The van der Waals surface area contributed by atoms with Crippen molar-refractivity contribution in [2.45, 2.75) is 27.2 Å². The predicted molar refractivity (Wildman–Crippen MR) is 61.4 cm³/mol. The number of rotatable bonds is 4. The summed E-state index contributed by atoms with van der Waals surface area (Å²) in [5, 5.41) is 0. The summed E-state index contributed by atoms with van der Waals surface area (Å²) in [5.41, 5.74) is 0.486. The van der Waals surface area contributed by atoms with Gasteiger partial charge in [-0.05, 0) is 30.0 Å². The van der Waals surface area contributed by atoms with Crippen LogP contribution in [0.3, 0.4) is 0 Å². The van der Waals surface area contributed by atoms with E-state index in [1.165, 1.54) is 12.1 Å². The number of aldehydes is 1. The normalized spacial score (nSPS) is 11.2. The molecule has 0 aliphatic rings. The number of hydrogen-bond donors (Lipinski definition) is 0. The van der Waals surface area contributed by atoms with Gasteiger partial charge in [0.25, 0.3) is 0 Å². The van der Waals surface area contributed by atoms with E-state index in [0.29, 0.717) is 18.5 Å². The van der Waals surface area contributed by atoms with Crippen LogP contribution in [0.1, 0.15) is 37.6 Å². The van der Waals surface area contributed by atoms with Gasteiger partial charge in [0.1, 0.15) is 6.29 Å². The maximum atomic E-state index is 13.4. The lowest BCUT2D eigenvalue weighted by molar-refractivity contribution is 0.112. The number of hydrogen-bond acceptors (Lipinski definition) is 2. The highest BCUT2D eigenvalue weighted by Gasteiger charge is 2.11. The topological polar surface area (TPSA) is 26.3 Å². The maximum absolute atomic E-state index is 13.4. The highest BCUT2D eigenvalue weighted by molar-refractivity contribution is 5.74.